The number of anilines is 1. The molecule has 0 amide bonds. The van der Waals surface area contributed by atoms with Gasteiger partial charge in [0.15, 0.2) is 11.5 Å². The Morgan fingerprint density at radius 1 is 1.61 bits per heavy atom. The fourth-order valence-electron chi connectivity index (χ4n) is 1.28. The lowest BCUT2D eigenvalue weighted by Gasteiger charge is -2.08. The monoisotopic (exact) mass is 290 g/mol. The average Bonchev–Trinajstić information content (AvgIpc) is 2.33. The van der Waals surface area contributed by atoms with Gasteiger partial charge in [-0.1, -0.05) is 17.7 Å². The van der Waals surface area contributed by atoms with Gasteiger partial charge in [-0.25, -0.2) is 4.39 Å². The Labute approximate surface area is 113 Å². The number of nitrogens with one attached hydrogen (secondary N) is 1. The summed E-state index contributed by atoms with van der Waals surface area (Å²) in [6, 6.07) is 2.36. The number of benzene rings is 1. The zero-order valence-electron chi connectivity index (χ0n) is 9.49. The van der Waals surface area contributed by atoms with E-state index in [1.54, 1.807) is 17.8 Å². The summed E-state index contributed by atoms with van der Waals surface area (Å²) < 4.78 is 13.7. The molecule has 0 aliphatic carbocycles. The molecule has 0 heterocycles. The van der Waals surface area contributed by atoms with E-state index >= 15 is 0 Å². The normalized spacial score (nSPS) is 10.1. The van der Waals surface area contributed by atoms with Crippen molar-refractivity contribution in [1.29, 1.82) is 0 Å². The van der Waals surface area contributed by atoms with Crippen LogP contribution in [-0.4, -0.2) is 23.0 Å². The molecule has 1 aromatic rings. The van der Waals surface area contributed by atoms with Crippen LogP contribution in [0.15, 0.2) is 24.8 Å². The number of halogens is 2. The SMILES string of the molecule is C=CCSCCNc1c([N+](=O)[O-])ccc(Cl)c1F. The molecule has 0 saturated carbocycles. The van der Waals surface area contributed by atoms with Crippen LogP contribution in [-0.2, 0) is 0 Å². The zero-order valence-corrected chi connectivity index (χ0v) is 11.1. The molecule has 0 atom stereocenters. The van der Waals surface area contributed by atoms with Crippen molar-refractivity contribution in [2.75, 3.05) is 23.4 Å². The van der Waals surface area contributed by atoms with E-state index in [2.05, 4.69) is 11.9 Å². The van der Waals surface area contributed by atoms with Crippen molar-refractivity contribution in [2.24, 2.45) is 0 Å². The molecule has 1 aromatic carbocycles. The molecule has 0 aromatic heterocycles. The van der Waals surface area contributed by atoms with Gasteiger partial charge in [0.25, 0.3) is 5.69 Å². The number of rotatable bonds is 7. The van der Waals surface area contributed by atoms with Crippen molar-refractivity contribution in [2.45, 2.75) is 0 Å². The highest BCUT2D eigenvalue weighted by atomic mass is 35.5. The summed E-state index contributed by atoms with van der Waals surface area (Å²) in [5.41, 5.74) is -0.475. The highest BCUT2D eigenvalue weighted by Gasteiger charge is 2.20. The third-order valence-corrected chi connectivity index (χ3v) is 3.31. The summed E-state index contributed by atoms with van der Waals surface area (Å²) in [6.07, 6.45) is 1.76. The van der Waals surface area contributed by atoms with Crippen LogP contribution in [0.2, 0.25) is 5.02 Å². The van der Waals surface area contributed by atoms with Crippen LogP contribution in [0.5, 0.6) is 0 Å². The van der Waals surface area contributed by atoms with E-state index in [-0.39, 0.29) is 16.4 Å². The maximum Gasteiger partial charge on any atom is 0.295 e. The van der Waals surface area contributed by atoms with E-state index < -0.39 is 10.7 Å². The summed E-state index contributed by atoms with van der Waals surface area (Å²) in [7, 11) is 0. The van der Waals surface area contributed by atoms with Gasteiger partial charge in [-0.05, 0) is 6.07 Å². The van der Waals surface area contributed by atoms with Crippen molar-refractivity contribution in [1.82, 2.24) is 0 Å². The van der Waals surface area contributed by atoms with Crippen LogP contribution < -0.4 is 5.32 Å². The maximum atomic E-state index is 13.7. The first kappa shape index (κ1) is 14.8. The minimum absolute atomic E-state index is 0.137. The Morgan fingerprint density at radius 2 is 2.33 bits per heavy atom. The minimum Gasteiger partial charge on any atom is -0.376 e. The molecule has 0 aliphatic heterocycles. The van der Waals surface area contributed by atoms with Gasteiger partial charge in [0.2, 0.25) is 0 Å². The largest absolute Gasteiger partial charge is 0.376 e. The lowest BCUT2D eigenvalue weighted by Crippen LogP contribution is -2.08. The van der Waals surface area contributed by atoms with Crippen LogP contribution in [0, 0.1) is 15.9 Å². The van der Waals surface area contributed by atoms with Gasteiger partial charge >= 0.3 is 0 Å². The molecule has 0 unspecified atom stereocenters. The second-order valence-corrected chi connectivity index (χ2v) is 4.86. The number of hydrogen-bond donors (Lipinski definition) is 1. The second-order valence-electron chi connectivity index (χ2n) is 3.30. The lowest BCUT2D eigenvalue weighted by molar-refractivity contribution is -0.384. The number of nitro benzene ring substituents is 1. The molecule has 0 fully saturated rings. The summed E-state index contributed by atoms with van der Waals surface area (Å²) in [4.78, 5) is 10.1. The molecule has 0 aliphatic rings. The van der Waals surface area contributed by atoms with Gasteiger partial charge in [-0.15, -0.1) is 6.58 Å². The molecule has 4 nitrogen and oxygen atoms in total. The van der Waals surface area contributed by atoms with Gasteiger partial charge in [0.05, 0.1) is 9.95 Å². The Balaban J connectivity index is 2.76. The molecular weight excluding hydrogens is 279 g/mol. The zero-order chi connectivity index (χ0) is 13.5. The second kappa shape index (κ2) is 7.23. The summed E-state index contributed by atoms with van der Waals surface area (Å²) in [5.74, 6) is 0.677. The highest BCUT2D eigenvalue weighted by molar-refractivity contribution is 7.99. The van der Waals surface area contributed by atoms with E-state index in [0.29, 0.717) is 12.3 Å². The van der Waals surface area contributed by atoms with Gasteiger partial charge < -0.3 is 5.32 Å². The highest BCUT2D eigenvalue weighted by Crippen LogP contribution is 2.31. The average molecular weight is 291 g/mol. The smallest absolute Gasteiger partial charge is 0.295 e. The summed E-state index contributed by atoms with van der Waals surface area (Å²) in [6.45, 7) is 3.98. The fraction of sp³-hybridized carbons (Fsp3) is 0.273. The Bertz CT molecular complexity index is 457. The Kier molecular flexibility index (Phi) is 5.94. The number of thioether (sulfide) groups is 1. The number of nitro groups is 1. The third-order valence-electron chi connectivity index (χ3n) is 2.05. The van der Waals surface area contributed by atoms with E-state index in [9.17, 15) is 14.5 Å². The molecule has 0 saturated heterocycles. The number of hydrogen-bond acceptors (Lipinski definition) is 4. The van der Waals surface area contributed by atoms with E-state index in [1.807, 2.05) is 0 Å². The summed E-state index contributed by atoms with van der Waals surface area (Å²) in [5, 5.41) is 13.3. The van der Waals surface area contributed by atoms with E-state index in [0.717, 1.165) is 5.75 Å². The molecule has 0 bridgehead atoms. The van der Waals surface area contributed by atoms with E-state index in [1.165, 1.54) is 12.1 Å². The molecule has 1 rings (SSSR count). The minimum atomic E-state index is -0.792. The lowest BCUT2D eigenvalue weighted by atomic mass is 10.2. The van der Waals surface area contributed by atoms with Gasteiger partial charge in [-0.2, -0.15) is 11.8 Å². The fourth-order valence-corrected chi connectivity index (χ4v) is 2.01. The van der Waals surface area contributed by atoms with Crippen LogP contribution >= 0.6 is 23.4 Å². The van der Waals surface area contributed by atoms with Crippen LogP contribution in [0.3, 0.4) is 0 Å². The predicted octanol–water partition coefficient (Wildman–Crippen LogP) is 3.72. The van der Waals surface area contributed by atoms with Gasteiger partial charge in [0, 0.05) is 24.1 Å². The first-order valence-corrected chi connectivity index (χ1v) is 6.66. The number of nitrogens with zero attached hydrogens (tertiary/aromatic N) is 1. The molecule has 0 radical (unpaired) electrons. The molecule has 98 valence electrons. The van der Waals surface area contributed by atoms with Crippen LogP contribution in [0.1, 0.15) is 0 Å². The van der Waals surface area contributed by atoms with Crippen LogP contribution in [0.4, 0.5) is 15.8 Å². The van der Waals surface area contributed by atoms with Gasteiger partial charge in [-0.3, -0.25) is 10.1 Å². The molecular formula is C11H12ClFN2O2S. The van der Waals surface area contributed by atoms with Crippen molar-refractivity contribution in [3.05, 3.63) is 45.7 Å². The standard InChI is InChI=1S/C11H12ClFN2O2S/c1-2-6-18-7-5-14-11-9(15(16)17)4-3-8(12)10(11)13/h2-4,14H,1,5-7H2. The first-order chi connectivity index (χ1) is 8.57. The van der Waals surface area contributed by atoms with Crippen molar-refractivity contribution < 1.29 is 9.31 Å². The Morgan fingerprint density at radius 3 is 2.94 bits per heavy atom. The topological polar surface area (TPSA) is 55.2 Å². The van der Waals surface area contributed by atoms with E-state index in [4.69, 9.17) is 11.6 Å². The maximum absolute atomic E-state index is 13.7. The molecule has 0 spiro atoms. The third kappa shape index (κ3) is 3.89. The van der Waals surface area contributed by atoms with Gasteiger partial charge in [0.1, 0.15) is 0 Å². The predicted molar refractivity (Wildman–Crippen MR) is 74.1 cm³/mol. The van der Waals surface area contributed by atoms with Crippen molar-refractivity contribution >= 4 is 34.7 Å². The first-order valence-electron chi connectivity index (χ1n) is 5.12. The van der Waals surface area contributed by atoms with Crippen LogP contribution in [0.25, 0.3) is 0 Å². The van der Waals surface area contributed by atoms with Crippen molar-refractivity contribution in [3.63, 3.8) is 0 Å². The van der Waals surface area contributed by atoms with Crippen molar-refractivity contribution in [3.8, 4) is 0 Å². The quantitative estimate of drug-likeness (QED) is 0.360. The molecule has 18 heavy (non-hydrogen) atoms. The molecule has 7 heteroatoms. The summed E-state index contributed by atoms with van der Waals surface area (Å²) >= 11 is 7.19. The molecule has 1 N–H and O–H groups in total. The Hall–Kier alpha value is -1.27.